The highest BCUT2D eigenvalue weighted by Gasteiger charge is 2.24. The van der Waals surface area contributed by atoms with Crippen molar-refractivity contribution in [1.82, 2.24) is 14.5 Å². The van der Waals surface area contributed by atoms with Gasteiger partial charge in [-0.15, -0.1) is 0 Å². The first-order valence-corrected chi connectivity index (χ1v) is 6.33. The fraction of sp³-hybridized carbons (Fsp3) is 0.615. The number of aryl methyl sites for hydroxylation is 1. The van der Waals surface area contributed by atoms with E-state index in [0.717, 1.165) is 5.82 Å². The Hall–Kier alpha value is -1.85. The largest absolute Gasteiger partial charge is 0.480 e. The zero-order valence-corrected chi connectivity index (χ0v) is 11.8. The third-order valence-corrected chi connectivity index (χ3v) is 2.86. The molecule has 1 N–H and O–H groups in total. The van der Waals surface area contributed by atoms with Crippen molar-refractivity contribution < 1.29 is 14.7 Å². The molecule has 1 amide bonds. The van der Waals surface area contributed by atoms with Crippen LogP contribution in [0.5, 0.6) is 0 Å². The summed E-state index contributed by atoms with van der Waals surface area (Å²) in [6.45, 7) is 7.64. The van der Waals surface area contributed by atoms with E-state index in [0.29, 0.717) is 6.54 Å². The Bertz CT molecular complexity index is 454. The maximum atomic E-state index is 12.4. The van der Waals surface area contributed by atoms with Crippen molar-refractivity contribution in [2.75, 3.05) is 13.1 Å². The molecule has 0 fully saturated rings. The predicted octanol–water partition coefficient (Wildman–Crippen LogP) is 1.32. The third-order valence-electron chi connectivity index (χ3n) is 2.86. The first-order valence-electron chi connectivity index (χ1n) is 6.33. The van der Waals surface area contributed by atoms with Crippen molar-refractivity contribution in [1.29, 1.82) is 0 Å². The molecule has 0 saturated carbocycles. The second kappa shape index (κ2) is 6.36. The number of aromatic nitrogens is 2. The van der Waals surface area contributed by atoms with Crippen molar-refractivity contribution in [3.8, 4) is 0 Å². The van der Waals surface area contributed by atoms with Gasteiger partial charge in [-0.25, -0.2) is 4.98 Å². The average Bonchev–Trinajstić information content (AvgIpc) is 2.71. The van der Waals surface area contributed by atoms with Gasteiger partial charge in [-0.1, -0.05) is 13.8 Å². The molecule has 106 valence electrons. The van der Waals surface area contributed by atoms with Gasteiger partial charge in [-0.05, 0) is 19.8 Å². The smallest absolute Gasteiger partial charge is 0.323 e. The maximum absolute atomic E-state index is 12.4. The van der Waals surface area contributed by atoms with Crippen LogP contribution in [0.2, 0.25) is 0 Å². The van der Waals surface area contributed by atoms with Crippen LogP contribution in [-0.4, -0.2) is 44.5 Å². The molecule has 1 unspecified atom stereocenters. The summed E-state index contributed by atoms with van der Waals surface area (Å²) in [6, 6.07) is -0.444. The fourth-order valence-electron chi connectivity index (χ4n) is 2.02. The van der Waals surface area contributed by atoms with Crippen LogP contribution in [-0.2, 0) is 9.59 Å². The summed E-state index contributed by atoms with van der Waals surface area (Å²) in [5.74, 6) is -0.235. The summed E-state index contributed by atoms with van der Waals surface area (Å²) in [6.07, 6.45) is 3.36. The lowest BCUT2D eigenvalue weighted by atomic mass is 10.2. The molecule has 1 heterocycles. The van der Waals surface area contributed by atoms with Crippen molar-refractivity contribution in [3.05, 3.63) is 18.2 Å². The van der Waals surface area contributed by atoms with Crippen LogP contribution in [0, 0.1) is 12.8 Å². The van der Waals surface area contributed by atoms with E-state index < -0.39 is 12.0 Å². The van der Waals surface area contributed by atoms with Crippen LogP contribution in [0.4, 0.5) is 0 Å². The summed E-state index contributed by atoms with van der Waals surface area (Å²) in [5, 5.41) is 8.90. The molecule has 6 nitrogen and oxygen atoms in total. The number of carbonyl (C=O) groups excluding carboxylic acids is 1. The van der Waals surface area contributed by atoms with Crippen LogP contribution in [0.15, 0.2) is 12.4 Å². The number of imidazole rings is 1. The number of rotatable bonds is 6. The van der Waals surface area contributed by atoms with Gasteiger partial charge in [0.1, 0.15) is 18.4 Å². The molecular weight excluding hydrogens is 246 g/mol. The Labute approximate surface area is 113 Å². The maximum Gasteiger partial charge on any atom is 0.323 e. The molecule has 0 saturated heterocycles. The van der Waals surface area contributed by atoms with E-state index in [1.54, 1.807) is 23.9 Å². The van der Waals surface area contributed by atoms with Crippen molar-refractivity contribution in [2.45, 2.75) is 33.7 Å². The molecule has 1 rings (SSSR count). The number of carboxylic acid groups (broad SMARTS) is 1. The van der Waals surface area contributed by atoms with Crippen LogP contribution < -0.4 is 0 Å². The minimum atomic E-state index is -0.997. The standard InChI is InChI=1S/C13H21N3O3/c1-9(2)7-15(8-12(17)18)13(19)10(3)16-6-5-14-11(16)4/h5-6,9-10H,7-8H2,1-4H3,(H,17,18). The zero-order valence-electron chi connectivity index (χ0n) is 11.8. The van der Waals surface area contributed by atoms with E-state index in [9.17, 15) is 9.59 Å². The van der Waals surface area contributed by atoms with E-state index in [2.05, 4.69) is 4.98 Å². The van der Waals surface area contributed by atoms with E-state index >= 15 is 0 Å². The van der Waals surface area contributed by atoms with E-state index in [4.69, 9.17) is 5.11 Å². The van der Waals surface area contributed by atoms with Crippen LogP contribution in [0.1, 0.15) is 32.6 Å². The Morgan fingerprint density at radius 3 is 2.47 bits per heavy atom. The molecular formula is C13H21N3O3. The highest BCUT2D eigenvalue weighted by Crippen LogP contribution is 2.13. The normalized spacial score (nSPS) is 12.5. The molecule has 1 aromatic rings. The Morgan fingerprint density at radius 2 is 2.05 bits per heavy atom. The van der Waals surface area contributed by atoms with Crippen molar-refractivity contribution in [2.24, 2.45) is 5.92 Å². The topological polar surface area (TPSA) is 75.4 Å². The van der Waals surface area contributed by atoms with Gasteiger partial charge in [0, 0.05) is 18.9 Å². The van der Waals surface area contributed by atoms with E-state index in [1.165, 1.54) is 4.90 Å². The van der Waals surface area contributed by atoms with Crippen molar-refractivity contribution in [3.63, 3.8) is 0 Å². The van der Waals surface area contributed by atoms with Gasteiger partial charge in [-0.2, -0.15) is 0 Å². The second-order valence-electron chi connectivity index (χ2n) is 5.06. The van der Waals surface area contributed by atoms with Gasteiger partial charge in [0.05, 0.1) is 0 Å². The number of aliphatic carboxylic acids is 1. The lowest BCUT2D eigenvalue weighted by molar-refractivity contribution is -0.146. The summed E-state index contributed by atoms with van der Waals surface area (Å²) in [7, 11) is 0. The minimum absolute atomic E-state index is 0.197. The SMILES string of the molecule is Cc1nccn1C(C)C(=O)N(CC(=O)O)CC(C)C. The number of carbonyl (C=O) groups is 2. The monoisotopic (exact) mass is 267 g/mol. The molecule has 0 aliphatic heterocycles. The van der Waals surface area contributed by atoms with E-state index in [1.807, 2.05) is 20.8 Å². The second-order valence-corrected chi connectivity index (χ2v) is 5.06. The fourth-order valence-corrected chi connectivity index (χ4v) is 2.02. The Kier molecular flexibility index (Phi) is 5.09. The molecule has 19 heavy (non-hydrogen) atoms. The number of amides is 1. The molecule has 6 heteroatoms. The minimum Gasteiger partial charge on any atom is -0.480 e. The highest BCUT2D eigenvalue weighted by molar-refractivity contribution is 5.84. The average molecular weight is 267 g/mol. The van der Waals surface area contributed by atoms with Gasteiger partial charge in [0.2, 0.25) is 5.91 Å². The lowest BCUT2D eigenvalue weighted by Gasteiger charge is -2.26. The third kappa shape index (κ3) is 4.08. The molecule has 0 aliphatic carbocycles. The first-order chi connectivity index (χ1) is 8.82. The van der Waals surface area contributed by atoms with Gasteiger partial charge in [-0.3, -0.25) is 9.59 Å². The van der Waals surface area contributed by atoms with Gasteiger partial charge in [0.15, 0.2) is 0 Å². The molecule has 0 radical (unpaired) electrons. The number of nitrogens with zero attached hydrogens (tertiary/aromatic N) is 3. The Morgan fingerprint density at radius 1 is 1.42 bits per heavy atom. The molecule has 1 aromatic heterocycles. The molecule has 0 spiro atoms. The summed E-state index contributed by atoms with van der Waals surface area (Å²) in [5.41, 5.74) is 0. The number of carboxylic acids is 1. The lowest BCUT2D eigenvalue weighted by Crippen LogP contribution is -2.41. The summed E-state index contributed by atoms with van der Waals surface area (Å²) >= 11 is 0. The molecule has 0 aromatic carbocycles. The molecule has 0 bridgehead atoms. The van der Waals surface area contributed by atoms with Gasteiger partial charge < -0.3 is 14.6 Å². The quantitative estimate of drug-likeness (QED) is 0.843. The Balaban J connectivity index is 2.86. The van der Waals surface area contributed by atoms with Crippen molar-refractivity contribution >= 4 is 11.9 Å². The summed E-state index contributed by atoms with van der Waals surface area (Å²) in [4.78, 5) is 28.7. The molecule has 0 aliphatic rings. The zero-order chi connectivity index (χ0) is 14.6. The van der Waals surface area contributed by atoms with E-state index in [-0.39, 0.29) is 18.4 Å². The first kappa shape index (κ1) is 15.2. The van der Waals surface area contributed by atoms with Gasteiger partial charge >= 0.3 is 5.97 Å². The van der Waals surface area contributed by atoms with Crippen LogP contribution in [0.3, 0.4) is 0 Å². The van der Waals surface area contributed by atoms with Crippen LogP contribution in [0.25, 0.3) is 0 Å². The summed E-state index contributed by atoms with van der Waals surface area (Å²) < 4.78 is 1.75. The predicted molar refractivity (Wildman–Crippen MR) is 70.7 cm³/mol. The van der Waals surface area contributed by atoms with Crippen LogP contribution >= 0.6 is 0 Å². The highest BCUT2D eigenvalue weighted by atomic mass is 16.4. The number of hydrogen-bond donors (Lipinski definition) is 1. The number of hydrogen-bond acceptors (Lipinski definition) is 3. The molecule has 1 atom stereocenters. The van der Waals surface area contributed by atoms with Gasteiger partial charge in [0.25, 0.3) is 0 Å².